The molecule has 1 aliphatic rings. The van der Waals surface area contributed by atoms with Crippen LogP contribution in [0.15, 0.2) is 24.3 Å². The number of benzene rings is 1. The predicted molar refractivity (Wildman–Crippen MR) is 75.0 cm³/mol. The Hall–Kier alpha value is -0.730. The van der Waals surface area contributed by atoms with Gasteiger partial charge in [0.1, 0.15) is 0 Å². The van der Waals surface area contributed by atoms with Gasteiger partial charge in [0, 0.05) is 34.9 Å². The third-order valence-electron chi connectivity index (χ3n) is 3.04. The van der Waals surface area contributed by atoms with Crippen molar-refractivity contribution < 1.29 is 0 Å². The van der Waals surface area contributed by atoms with E-state index in [1.807, 2.05) is 12.1 Å². The molecular formula is C14H21ClN2. The summed E-state index contributed by atoms with van der Waals surface area (Å²) in [5.74, 6) is 0. The van der Waals surface area contributed by atoms with E-state index in [-0.39, 0.29) is 11.1 Å². The first-order chi connectivity index (χ1) is 7.77. The Labute approximate surface area is 109 Å². The molecule has 1 fully saturated rings. The fourth-order valence-corrected chi connectivity index (χ4v) is 2.97. The van der Waals surface area contributed by atoms with Gasteiger partial charge in [0.05, 0.1) is 0 Å². The highest BCUT2D eigenvalue weighted by Gasteiger charge is 2.36. The molecule has 0 amide bonds. The van der Waals surface area contributed by atoms with Crippen molar-refractivity contribution in [1.29, 1.82) is 0 Å². The molecule has 0 unspecified atom stereocenters. The number of nitrogens with zero attached hydrogens (tertiary/aromatic N) is 1. The second-order valence-corrected chi connectivity index (χ2v) is 6.66. The molecule has 0 radical (unpaired) electrons. The Balaban J connectivity index is 2.24. The minimum Gasteiger partial charge on any atom is -0.368 e. The largest absolute Gasteiger partial charge is 0.368 e. The summed E-state index contributed by atoms with van der Waals surface area (Å²) in [5.41, 5.74) is 1.50. The van der Waals surface area contributed by atoms with E-state index in [2.05, 4.69) is 50.0 Å². The molecule has 1 saturated heterocycles. The van der Waals surface area contributed by atoms with Crippen LogP contribution in [0.3, 0.4) is 0 Å². The molecule has 94 valence electrons. The predicted octanol–water partition coefficient (Wildman–Crippen LogP) is 3.31. The molecule has 0 bridgehead atoms. The fraction of sp³-hybridized carbons (Fsp3) is 0.571. The van der Waals surface area contributed by atoms with Crippen molar-refractivity contribution in [3.63, 3.8) is 0 Å². The van der Waals surface area contributed by atoms with Gasteiger partial charge in [-0.3, -0.25) is 0 Å². The highest BCUT2D eigenvalue weighted by Crippen LogP contribution is 2.26. The molecule has 17 heavy (non-hydrogen) atoms. The zero-order valence-electron chi connectivity index (χ0n) is 11.0. The molecule has 0 saturated carbocycles. The molecule has 1 N–H and O–H groups in total. The van der Waals surface area contributed by atoms with Gasteiger partial charge >= 0.3 is 0 Å². The Kier molecular flexibility index (Phi) is 3.13. The first-order valence-electron chi connectivity index (χ1n) is 6.07. The number of hydrogen-bond donors (Lipinski definition) is 1. The number of nitrogens with one attached hydrogen (secondary N) is 1. The molecule has 1 aromatic carbocycles. The third kappa shape index (κ3) is 3.14. The van der Waals surface area contributed by atoms with Crippen LogP contribution in [-0.2, 0) is 0 Å². The number of piperazine rings is 1. The number of anilines is 1. The third-order valence-corrected chi connectivity index (χ3v) is 3.29. The van der Waals surface area contributed by atoms with Gasteiger partial charge in [-0.15, -0.1) is 0 Å². The number of rotatable bonds is 1. The van der Waals surface area contributed by atoms with E-state index in [1.165, 1.54) is 5.69 Å². The molecular weight excluding hydrogens is 232 g/mol. The summed E-state index contributed by atoms with van der Waals surface area (Å²) in [6.45, 7) is 11.0. The number of hydrogen-bond acceptors (Lipinski definition) is 2. The van der Waals surface area contributed by atoms with Crippen molar-refractivity contribution in [2.75, 3.05) is 18.0 Å². The van der Waals surface area contributed by atoms with E-state index < -0.39 is 0 Å². The molecule has 2 rings (SSSR count). The van der Waals surface area contributed by atoms with Crippen molar-refractivity contribution in [1.82, 2.24) is 5.32 Å². The lowest BCUT2D eigenvalue weighted by atomic mass is 9.91. The van der Waals surface area contributed by atoms with Crippen LogP contribution in [0.1, 0.15) is 27.7 Å². The first-order valence-corrected chi connectivity index (χ1v) is 6.45. The van der Waals surface area contributed by atoms with E-state index in [4.69, 9.17) is 11.6 Å². The minimum atomic E-state index is 0.126. The molecule has 1 aromatic rings. The topological polar surface area (TPSA) is 15.3 Å². The maximum atomic E-state index is 5.93. The lowest BCUT2D eigenvalue weighted by molar-refractivity contribution is 0.226. The summed E-state index contributed by atoms with van der Waals surface area (Å²) >= 11 is 5.93. The Bertz CT molecular complexity index is 379. The summed E-state index contributed by atoms with van der Waals surface area (Å²) in [6, 6.07) is 8.11. The molecule has 1 heterocycles. The van der Waals surface area contributed by atoms with Crippen molar-refractivity contribution in [2.24, 2.45) is 0 Å². The molecule has 0 atom stereocenters. The summed E-state index contributed by atoms with van der Waals surface area (Å²) in [7, 11) is 0. The van der Waals surface area contributed by atoms with E-state index in [9.17, 15) is 0 Å². The lowest BCUT2D eigenvalue weighted by Gasteiger charge is -2.49. The van der Waals surface area contributed by atoms with Crippen LogP contribution in [0.4, 0.5) is 5.69 Å². The zero-order valence-corrected chi connectivity index (χ0v) is 11.8. The SMILES string of the molecule is CC1(C)CN(c2ccc(Cl)cc2)CC(C)(C)N1. The Morgan fingerprint density at radius 2 is 1.47 bits per heavy atom. The average molecular weight is 253 g/mol. The molecule has 2 nitrogen and oxygen atoms in total. The van der Waals surface area contributed by atoms with Crippen LogP contribution in [0.2, 0.25) is 5.02 Å². The molecule has 0 aromatic heterocycles. The van der Waals surface area contributed by atoms with Gasteiger partial charge in [-0.25, -0.2) is 0 Å². The van der Waals surface area contributed by atoms with Crippen LogP contribution in [0, 0.1) is 0 Å². The van der Waals surface area contributed by atoms with Gasteiger partial charge in [0.15, 0.2) is 0 Å². The first kappa shape index (κ1) is 12.7. The highest BCUT2D eigenvalue weighted by atomic mass is 35.5. The quantitative estimate of drug-likeness (QED) is 0.825. The van der Waals surface area contributed by atoms with E-state index in [1.54, 1.807) is 0 Å². The summed E-state index contributed by atoms with van der Waals surface area (Å²) in [5, 5.41) is 4.47. The zero-order chi connectivity index (χ0) is 12.7. The van der Waals surface area contributed by atoms with Crippen molar-refractivity contribution in [3.05, 3.63) is 29.3 Å². The lowest BCUT2D eigenvalue weighted by Crippen LogP contribution is -2.66. The Morgan fingerprint density at radius 3 is 1.94 bits per heavy atom. The maximum Gasteiger partial charge on any atom is 0.0407 e. The van der Waals surface area contributed by atoms with Crippen molar-refractivity contribution >= 4 is 17.3 Å². The summed E-state index contributed by atoms with van der Waals surface area (Å²) < 4.78 is 0. The van der Waals surface area contributed by atoms with E-state index in [0.717, 1.165) is 18.1 Å². The van der Waals surface area contributed by atoms with Gasteiger partial charge in [-0.2, -0.15) is 0 Å². The fourth-order valence-electron chi connectivity index (χ4n) is 2.84. The molecule has 3 heteroatoms. The van der Waals surface area contributed by atoms with Crippen LogP contribution >= 0.6 is 11.6 Å². The minimum absolute atomic E-state index is 0.126. The van der Waals surface area contributed by atoms with Gasteiger partial charge in [-0.1, -0.05) is 11.6 Å². The smallest absolute Gasteiger partial charge is 0.0407 e. The maximum absolute atomic E-state index is 5.93. The molecule has 0 aliphatic carbocycles. The average Bonchev–Trinajstić information content (AvgIpc) is 2.13. The monoisotopic (exact) mass is 252 g/mol. The van der Waals surface area contributed by atoms with Crippen LogP contribution < -0.4 is 10.2 Å². The number of halogens is 1. The second kappa shape index (κ2) is 4.18. The van der Waals surface area contributed by atoms with E-state index >= 15 is 0 Å². The second-order valence-electron chi connectivity index (χ2n) is 6.23. The van der Waals surface area contributed by atoms with Gasteiger partial charge < -0.3 is 10.2 Å². The summed E-state index contributed by atoms with van der Waals surface area (Å²) in [6.07, 6.45) is 0. The van der Waals surface area contributed by atoms with Crippen LogP contribution in [0.5, 0.6) is 0 Å². The summed E-state index contributed by atoms with van der Waals surface area (Å²) in [4.78, 5) is 2.42. The molecule has 0 spiro atoms. The van der Waals surface area contributed by atoms with E-state index in [0.29, 0.717) is 0 Å². The normalized spacial score (nSPS) is 22.5. The van der Waals surface area contributed by atoms with Crippen molar-refractivity contribution in [2.45, 2.75) is 38.8 Å². The van der Waals surface area contributed by atoms with Crippen LogP contribution in [0.25, 0.3) is 0 Å². The van der Waals surface area contributed by atoms with Crippen molar-refractivity contribution in [3.8, 4) is 0 Å². The van der Waals surface area contributed by atoms with Gasteiger partial charge in [0.2, 0.25) is 0 Å². The van der Waals surface area contributed by atoms with Crippen LogP contribution in [-0.4, -0.2) is 24.2 Å². The van der Waals surface area contributed by atoms with Gasteiger partial charge in [-0.05, 0) is 52.0 Å². The Morgan fingerprint density at radius 1 is 1.00 bits per heavy atom. The highest BCUT2D eigenvalue weighted by molar-refractivity contribution is 6.30. The molecule has 1 aliphatic heterocycles. The van der Waals surface area contributed by atoms with Gasteiger partial charge in [0.25, 0.3) is 0 Å². The standard InChI is InChI=1S/C14H21ClN2/c1-13(2)9-17(10-14(3,4)16-13)12-7-5-11(15)6-8-12/h5-8,16H,9-10H2,1-4H3.